The van der Waals surface area contributed by atoms with Gasteiger partial charge in [0.25, 0.3) is 0 Å². The molecular formula is C24H30F5NO4Si. The van der Waals surface area contributed by atoms with Crippen LogP contribution < -0.4 is 4.74 Å². The molecule has 0 saturated carbocycles. The van der Waals surface area contributed by atoms with Gasteiger partial charge in [-0.05, 0) is 49.3 Å². The Kier molecular flexibility index (Phi) is 6.91. The number of aliphatic hydroxyl groups excluding tert-OH is 1. The van der Waals surface area contributed by atoms with Gasteiger partial charge in [0, 0.05) is 17.7 Å². The van der Waals surface area contributed by atoms with Crippen molar-refractivity contribution >= 4 is 8.32 Å². The first kappa shape index (κ1) is 27.5. The molecule has 0 saturated heterocycles. The van der Waals surface area contributed by atoms with E-state index in [4.69, 9.17) is 9.16 Å². The standard InChI is InChI=1S/C24H30F5NO4Si/c1-21(2,3)35(5,6)34-13-22(4)12-33-20-15(22)10-18(23(32,11-31)24(27,28)29)30-19(20)14-7-8-16(25)17(26)9-14/h7-10,31-32H,11-13H2,1-6H3/t22-,23?/m0/s1. The van der Waals surface area contributed by atoms with Crippen LogP contribution in [0.1, 0.15) is 39.0 Å². The van der Waals surface area contributed by atoms with Crippen molar-refractivity contribution in [1.82, 2.24) is 4.98 Å². The molecule has 0 fully saturated rings. The summed E-state index contributed by atoms with van der Waals surface area (Å²) in [6, 6.07) is 3.81. The summed E-state index contributed by atoms with van der Waals surface area (Å²) in [6.45, 7) is 10.4. The van der Waals surface area contributed by atoms with E-state index in [2.05, 4.69) is 25.8 Å². The summed E-state index contributed by atoms with van der Waals surface area (Å²) >= 11 is 0. The number of aromatic nitrogens is 1. The minimum absolute atomic E-state index is 0.0301. The largest absolute Gasteiger partial charge is 0.490 e. The van der Waals surface area contributed by atoms with Crippen molar-refractivity contribution in [3.63, 3.8) is 0 Å². The van der Waals surface area contributed by atoms with E-state index in [-0.39, 0.29) is 40.8 Å². The van der Waals surface area contributed by atoms with Crippen LogP contribution in [0.25, 0.3) is 11.3 Å². The third-order valence-electron chi connectivity index (χ3n) is 7.03. The maximum atomic E-state index is 14.0. The highest BCUT2D eigenvalue weighted by Crippen LogP contribution is 2.48. The SMILES string of the molecule is CC(C)(C)[Si](C)(C)OC[C@]1(C)COc2c1cc(C(O)(CO)C(F)(F)F)nc2-c1ccc(F)c(F)c1. The molecular weight excluding hydrogens is 489 g/mol. The first-order chi connectivity index (χ1) is 15.9. The molecule has 1 unspecified atom stereocenters. The summed E-state index contributed by atoms with van der Waals surface area (Å²) in [5.41, 5.74) is -5.48. The van der Waals surface area contributed by atoms with Crippen LogP contribution in [0.4, 0.5) is 22.0 Å². The van der Waals surface area contributed by atoms with Crippen LogP contribution in [0.3, 0.4) is 0 Å². The first-order valence-electron chi connectivity index (χ1n) is 11.0. The highest BCUT2D eigenvalue weighted by molar-refractivity contribution is 6.74. The Balaban J connectivity index is 2.21. The lowest BCUT2D eigenvalue weighted by Crippen LogP contribution is -2.47. The summed E-state index contributed by atoms with van der Waals surface area (Å²) in [6.07, 6.45) is -5.26. The normalized spacial score (nSPS) is 20.4. The summed E-state index contributed by atoms with van der Waals surface area (Å²) in [7, 11) is -2.25. The Morgan fingerprint density at radius 3 is 2.26 bits per heavy atom. The van der Waals surface area contributed by atoms with E-state index in [9.17, 15) is 32.2 Å². The fourth-order valence-electron chi connectivity index (χ4n) is 3.48. The van der Waals surface area contributed by atoms with E-state index >= 15 is 0 Å². The van der Waals surface area contributed by atoms with Gasteiger partial charge in [0.1, 0.15) is 18.1 Å². The maximum absolute atomic E-state index is 14.0. The lowest BCUT2D eigenvalue weighted by Gasteiger charge is -2.38. The summed E-state index contributed by atoms with van der Waals surface area (Å²) < 4.78 is 81.1. The van der Waals surface area contributed by atoms with Crippen molar-refractivity contribution in [3.8, 4) is 17.0 Å². The van der Waals surface area contributed by atoms with Gasteiger partial charge in [-0.15, -0.1) is 0 Å². The van der Waals surface area contributed by atoms with Gasteiger partial charge >= 0.3 is 6.18 Å². The molecule has 1 aliphatic heterocycles. The summed E-state index contributed by atoms with van der Waals surface area (Å²) in [5.74, 6) is -2.28. The van der Waals surface area contributed by atoms with E-state index in [1.165, 1.54) is 0 Å². The first-order valence-corrected chi connectivity index (χ1v) is 14.0. The average molecular weight is 520 g/mol. The highest BCUT2D eigenvalue weighted by Gasteiger charge is 2.57. The molecule has 0 bridgehead atoms. The Bertz CT molecular complexity index is 1120. The molecule has 0 spiro atoms. The topological polar surface area (TPSA) is 71.8 Å². The summed E-state index contributed by atoms with van der Waals surface area (Å²) in [5, 5.41) is 19.8. The third-order valence-corrected chi connectivity index (χ3v) is 11.5. The van der Waals surface area contributed by atoms with Crippen molar-refractivity contribution in [2.24, 2.45) is 0 Å². The van der Waals surface area contributed by atoms with E-state index in [1.54, 1.807) is 6.92 Å². The molecule has 1 aliphatic rings. The zero-order valence-corrected chi connectivity index (χ0v) is 21.5. The van der Waals surface area contributed by atoms with Gasteiger partial charge in [0.05, 0.1) is 17.7 Å². The highest BCUT2D eigenvalue weighted by atomic mass is 28.4. The van der Waals surface area contributed by atoms with E-state index in [0.29, 0.717) is 0 Å². The minimum atomic E-state index is -5.26. The number of rotatable bonds is 6. The predicted octanol–water partition coefficient (Wildman–Crippen LogP) is 5.44. The Morgan fingerprint density at radius 1 is 1.11 bits per heavy atom. The number of ether oxygens (including phenoxy) is 1. The number of pyridine rings is 1. The number of benzene rings is 1. The lowest BCUT2D eigenvalue weighted by atomic mass is 9.83. The van der Waals surface area contributed by atoms with Crippen molar-refractivity contribution in [2.75, 3.05) is 19.8 Å². The molecule has 35 heavy (non-hydrogen) atoms. The molecule has 2 heterocycles. The molecule has 2 aromatic rings. The van der Waals surface area contributed by atoms with Gasteiger partial charge in [-0.2, -0.15) is 13.2 Å². The number of halogens is 5. The Morgan fingerprint density at radius 2 is 1.74 bits per heavy atom. The number of alkyl halides is 3. The van der Waals surface area contributed by atoms with Crippen molar-refractivity contribution in [3.05, 3.63) is 47.2 Å². The number of aliphatic hydroxyl groups is 2. The van der Waals surface area contributed by atoms with Crippen LogP contribution in [0.15, 0.2) is 24.3 Å². The van der Waals surface area contributed by atoms with Gasteiger partial charge in [0.2, 0.25) is 5.60 Å². The smallest absolute Gasteiger partial charge is 0.425 e. The predicted molar refractivity (Wildman–Crippen MR) is 123 cm³/mol. The zero-order valence-electron chi connectivity index (χ0n) is 20.5. The minimum Gasteiger partial charge on any atom is -0.490 e. The Hall–Kier alpha value is -2.08. The molecule has 5 nitrogen and oxygen atoms in total. The van der Waals surface area contributed by atoms with Gasteiger partial charge in [-0.25, -0.2) is 13.8 Å². The fraction of sp³-hybridized carbons (Fsp3) is 0.542. The van der Waals surface area contributed by atoms with Crippen LogP contribution in [-0.2, 0) is 15.4 Å². The van der Waals surface area contributed by atoms with Gasteiger partial charge in [0.15, 0.2) is 20.0 Å². The summed E-state index contributed by atoms with van der Waals surface area (Å²) in [4.78, 5) is 3.93. The molecule has 0 aliphatic carbocycles. The second-order valence-corrected chi connectivity index (χ2v) is 15.6. The number of hydrogen-bond donors (Lipinski definition) is 2. The second-order valence-electron chi connectivity index (χ2n) is 10.8. The molecule has 0 amide bonds. The van der Waals surface area contributed by atoms with Crippen molar-refractivity contribution in [1.29, 1.82) is 0 Å². The second kappa shape index (κ2) is 8.79. The molecule has 0 radical (unpaired) electrons. The molecule has 2 N–H and O–H groups in total. The van der Waals surface area contributed by atoms with Crippen LogP contribution in [0.2, 0.25) is 18.1 Å². The molecule has 194 valence electrons. The molecule has 1 aromatic heterocycles. The van der Waals surface area contributed by atoms with Crippen molar-refractivity contribution < 1.29 is 41.3 Å². The fourth-order valence-corrected chi connectivity index (χ4v) is 4.59. The Labute approximate surface area is 202 Å². The van der Waals surface area contributed by atoms with Gasteiger partial charge in [-0.3, -0.25) is 0 Å². The quantitative estimate of drug-likeness (QED) is 0.393. The van der Waals surface area contributed by atoms with Crippen LogP contribution in [0, 0.1) is 11.6 Å². The molecule has 3 rings (SSSR count). The van der Waals surface area contributed by atoms with E-state index in [0.717, 1.165) is 24.3 Å². The number of fused-ring (bicyclic) bond motifs is 1. The monoisotopic (exact) mass is 519 g/mol. The maximum Gasteiger partial charge on any atom is 0.425 e. The van der Waals surface area contributed by atoms with Crippen LogP contribution >= 0.6 is 0 Å². The molecule has 1 aromatic carbocycles. The molecule has 11 heteroatoms. The average Bonchev–Trinajstić information content (AvgIpc) is 3.08. The van der Waals surface area contributed by atoms with Gasteiger partial charge < -0.3 is 19.4 Å². The zero-order chi connectivity index (χ0) is 26.6. The van der Waals surface area contributed by atoms with Crippen molar-refractivity contribution in [2.45, 2.75) is 63.0 Å². The van der Waals surface area contributed by atoms with Gasteiger partial charge in [-0.1, -0.05) is 20.8 Å². The number of nitrogens with zero attached hydrogens (tertiary/aromatic N) is 1. The van der Waals surface area contributed by atoms with Crippen LogP contribution in [-0.4, -0.2) is 49.5 Å². The number of hydrogen-bond acceptors (Lipinski definition) is 5. The molecule has 2 atom stereocenters. The third kappa shape index (κ3) is 4.83. The van der Waals surface area contributed by atoms with Crippen LogP contribution in [0.5, 0.6) is 5.75 Å². The van der Waals surface area contributed by atoms with E-state index < -0.39 is 49.4 Å². The lowest BCUT2D eigenvalue weighted by molar-refractivity contribution is -0.279. The van der Waals surface area contributed by atoms with E-state index in [1.807, 2.05) is 13.1 Å².